The number of carbonyl (C=O) groups is 3. The third-order valence-electron chi connectivity index (χ3n) is 4.86. The molecule has 1 saturated heterocycles. The predicted molar refractivity (Wildman–Crippen MR) is 94.6 cm³/mol. The molecule has 0 radical (unpaired) electrons. The third kappa shape index (κ3) is 2.92. The van der Waals surface area contributed by atoms with Gasteiger partial charge in [0.25, 0.3) is 11.8 Å². The zero-order chi connectivity index (χ0) is 18.1. The second-order valence-electron chi connectivity index (χ2n) is 6.48. The first-order chi connectivity index (χ1) is 12.6. The number of carbonyl (C=O) groups excluding carboxylic acids is 3. The van der Waals surface area contributed by atoms with Gasteiger partial charge in [-0.15, -0.1) is 0 Å². The van der Waals surface area contributed by atoms with E-state index in [1.54, 1.807) is 53.7 Å². The highest BCUT2D eigenvalue weighted by atomic mass is 16.2. The fourth-order valence-corrected chi connectivity index (χ4v) is 3.51. The number of nitrogens with one attached hydrogen (secondary N) is 2. The first kappa shape index (κ1) is 16.3. The van der Waals surface area contributed by atoms with Crippen molar-refractivity contribution in [2.75, 3.05) is 11.9 Å². The van der Waals surface area contributed by atoms with Gasteiger partial charge in [-0.3, -0.25) is 19.4 Å². The molecule has 3 amide bonds. The van der Waals surface area contributed by atoms with E-state index in [4.69, 9.17) is 0 Å². The molecule has 0 bridgehead atoms. The summed E-state index contributed by atoms with van der Waals surface area (Å²) in [6.07, 6.45) is 4.12. The lowest BCUT2D eigenvalue weighted by Crippen LogP contribution is -2.55. The Hall–Kier alpha value is -3.22. The van der Waals surface area contributed by atoms with Crippen LogP contribution in [0.1, 0.15) is 33.6 Å². The van der Waals surface area contributed by atoms with E-state index < -0.39 is 6.04 Å². The summed E-state index contributed by atoms with van der Waals surface area (Å²) in [5, 5.41) is 5.80. The van der Waals surface area contributed by atoms with Crippen LogP contribution in [0.4, 0.5) is 5.69 Å². The van der Waals surface area contributed by atoms with Crippen molar-refractivity contribution in [3.63, 3.8) is 0 Å². The third-order valence-corrected chi connectivity index (χ3v) is 4.86. The SMILES string of the molecule is O=C(N[C@H]1CCN2C(=O)c3ccccc3NC(=O)[C@@H]2C1)c1ccncc1. The molecule has 26 heavy (non-hydrogen) atoms. The van der Waals surface area contributed by atoms with Crippen molar-refractivity contribution in [3.05, 3.63) is 59.9 Å². The molecule has 4 rings (SSSR count). The minimum atomic E-state index is -0.591. The first-order valence-corrected chi connectivity index (χ1v) is 8.55. The second-order valence-corrected chi connectivity index (χ2v) is 6.48. The van der Waals surface area contributed by atoms with E-state index >= 15 is 0 Å². The molecule has 3 heterocycles. The Morgan fingerprint density at radius 2 is 1.92 bits per heavy atom. The van der Waals surface area contributed by atoms with Crippen molar-refractivity contribution in [1.29, 1.82) is 0 Å². The van der Waals surface area contributed by atoms with Crippen molar-refractivity contribution in [3.8, 4) is 0 Å². The fourth-order valence-electron chi connectivity index (χ4n) is 3.51. The Kier molecular flexibility index (Phi) is 4.12. The van der Waals surface area contributed by atoms with Crippen LogP contribution in [0.5, 0.6) is 0 Å². The van der Waals surface area contributed by atoms with Gasteiger partial charge in [-0.1, -0.05) is 12.1 Å². The number of fused-ring (bicyclic) bond motifs is 2. The van der Waals surface area contributed by atoms with Crippen LogP contribution in [0.15, 0.2) is 48.8 Å². The molecule has 1 aromatic carbocycles. The number of amides is 3. The smallest absolute Gasteiger partial charge is 0.256 e. The monoisotopic (exact) mass is 350 g/mol. The number of hydrogen-bond acceptors (Lipinski definition) is 4. The summed E-state index contributed by atoms with van der Waals surface area (Å²) in [6.45, 7) is 0.423. The van der Waals surface area contributed by atoms with Crippen LogP contribution >= 0.6 is 0 Å². The highest BCUT2D eigenvalue weighted by Gasteiger charge is 2.40. The van der Waals surface area contributed by atoms with E-state index in [0.717, 1.165) is 0 Å². The molecular weight excluding hydrogens is 332 g/mol. The van der Waals surface area contributed by atoms with Crippen LogP contribution in [0.2, 0.25) is 0 Å². The number of pyridine rings is 1. The quantitative estimate of drug-likeness (QED) is 0.857. The van der Waals surface area contributed by atoms with Crippen LogP contribution in [-0.4, -0.2) is 46.2 Å². The van der Waals surface area contributed by atoms with Gasteiger partial charge in [0, 0.05) is 30.5 Å². The highest BCUT2D eigenvalue weighted by Crippen LogP contribution is 2.28. The van der Waals surface area contributed by atoms with Crippen molar-refractivity contribution in [2.24, 2.45) is 0 Å². The molecule has 0 unspecified atom stereocenters. The maximum Gasteiger partial charge on any atom is 0.256 e. The normalized spacial score (nSPS) is 21.9. The van der Waals surface area contributed by atoms with Gasteiger partial charge in [0.1, 0.15) is 6.04 Å². The molecule has 0 spiro atoms. The van der Waals surface area contributed by atoms with Gasteiger partial charge in [0.2, 0.25) is 5.91 Å². The standard InChI is InChI=1S/C19H18N4O3/c24-17(12-5-8-20-9-6-12)21-13-7-10-23-16(11-13)18(25)22-15-4-2-1-3-14(15)19(23)26/h1-6,8-9,13,16H,7,10-11H2,(H,21,24)(H,22,25)/t13-,16-/m0/s1. The Morgan fingerprint density at radius 3 is 2.73 bits per heavy atom. The number of piperidine rings is 1. The van der Waals surface area contributed by atoms with Crippen LogP contribution in [0.3, 0.4) is 0 Å². The summed E-state index contributed by atoms with van der Waals surface area (Å²) in [4.78, 5) is 43.3. The molecule has 132 valence electrons. The van der Waals surface area contributed by atoms with Crippen molar-refractivity contribution < 1.29 is 14.4 Å². The second kappa shape index (κ2) is 6.59. The summed E-state index contributed by atoms with van der Waals surface area (Å²) in [5.74, 6) is -0.566. The van der Waals surface area contributed by atoms with E-state index in [0.29, 0.717) is 36.2 Å². The van der Waals surface area contributed by atoms with Crippen LogP contribution in [0.25, 0.3) is 0 Å². The molecule has 0 saturated carbocycles. The molecule has 7 nitrogen and oxygen atoms in total. The Bertz CT molecular complexity index is 868. The first-order valence-electron chi connectivity index (χ1n) is 8.55. The van der Waals surface area contributed by atoms with Gasteiger partial charge >= 0.3 is 0 Å². The largest absolute Gasteiger partial charge is 0.349 e. The Balaban J connectivity index is 1.51. The number of rotatable bonds is 2. The Labute approximate surface area is 150 Å². The molecule has 2 atom stereocenters. The minimum Gasteiger partial charge on any atom is -0.349 e. The zero-order valence-corrected chi connectivity index (χ0v) is 14.0. The average molecular weight is 350 g/mol. The van der Waals surface area contributed by atoms with Gasteiger partial charge in [-0.05, 0) is 37.1 Å². The summed E-state index contributed by atoms with van der Waals surface area (Å²) in [7, 11) is 0. The van der Waals surface area contributed by atoms with Crippen LogP contribution in [0, 0.1) is 0 Å². The van der Waals surface area contributed by atoms with E-state index in [2.05, 4.69) is 15.6 Å². The van der Waals surface area contributed by atoms with Gasteiger partial charge in [-0.25, -0.2) is 0 Å². The molecule has 1 aromatic heterocycles. The molecule has 0 aliphatic carbocycles. The number of anilines is 1. The number of aromatic nitrogens is 1. The van der Waals surface area contributed by atoms with Gasteiger partial charge in [0.15, 0.2) is 0 Å². The number of hydrogen-bond donors (Lipinski definition) is 2. The summed E-state index contributed by atoms with van der Waals surface area (Å²) in [6, 6.07) is 9.54. The zero-order valence-electron chi connectivity index (χ0n) is 14.0. The summed E-state index contributed by atoms with van der Waals surface area (Å²) < 4.78 is 0. The van der Waals surface area contributed by atoms with Crippen LogP contribution < -0.4 is 10.6 Å². The van der Waals surface area contributed by atoms with Crippen molar-refractivity contribution >= 4 is 23.4 Å². The molecule has 2 aliphatic rings. The summed E-state index contributed by atoms with van der Waals surface area (Å²) >= 11 is 0. The fraction of sp³-hybridized carbons (Fsp3) is 0.263. The lowest BCUT2D eigenvalue weighted by atomic mass is 9.96. The van der Waals surface area contributed by atoms with E-state index in [-0.39, 0.29) is 23.8 Å². The van der Waals surface area contributed by atoms with Crippen LogP contribution in [-0.2, 0) is 4.79 Å². The average Bonchev–Trinajstić information content (AvgIpc) is 2.78. The molecule has 2 N–H and O–H groups in total. The van der Waals surface area contributed by atoms with E-state index in [1.165, 1.54) is 0 Å². The van der Waals surface area contributed by atoms with Gasteiger partial charge in [-0.2, -0.15) is 0 Å². The molecule has 7 heteroatoms. The van der Waals surface area contributed by atoms with E-state index in [1.807, 2.05) is 0 Å². The van der Waals surface area contributed by atoms with E-state index in [9.17, 15) is 14.4 Å². The number of para-hydroxylation sites is 1. The maximum atomic E-state index is 12.8. The summed E-state index contributed by atoms with van der Waals surface area (Å²) in [5.41, 5.74) is 1.56. The maximum absolute atomic E-state index is 12.8. The minimum absolute atomic E-state index is 0.150. The molecule has 2 aromatic rings. The van der Waals surface area contributed by atoms with Crippen molar-refractivity contribution in [2.45, 2.75) is 24.9 Å². The lowest BCUT2D eigenvalue weighted by molar-refractivity contribution is -0.121. The molecular formula is C19H18N4O3. The lowest BCUT2D eigenvalue weighted by Gasteiger charge is -2.37. The van der Waals surface area contributed by atoms with Gasteiger partial charge in [0.05, 0.1) is 11.3 Å². The number of benzene rings is 1. The predicted octanol–water partition coefficient (Wildman–Crippen LogP) is 1.44. The molecule has 1 fully saturated rings. The van der Waals surface area contributed by atoms with Gasteiger partial charge < -0.3 is 15.5 Å². The number of nitrogens with zero attached hydrogens (tertiary/aromatic N) is 2. The topological polar surface area (TPSA) is 91.4 Å². The molecule has 2 aliphatic heterocycles. The Morgan fingerprint density at radius 1 is 1.15 bits per heavy atom. The van der Waals surface area contributed by atoms with Crippen molar-refractivity contribution in [1.82, 2.24) is 15.2 Å². The highest BCUT2D eigenvalue weighted by molar-refractivity contribution is 6.10.